The first kappa shape index (κ1) is 31.0. The molecule has 1 heterocycles. The van der Waals surface area contributed by atoms with Crippen LogP contribution in [-0.2, 0) is 0 Å². The number of benzene rings is 1. The molecule has 1 N–H and O–H groups in total. The monoisotopic (exact) mass is 515 g/mol. The van der Waals surface area contributed by atoms with Crippen LogP contribution in [0.2, 0.25) is 0 Å². The maximum absolute atomic E-state index is 4.82. The molecule has 3 rings (SSSR count). The summed E-state index contributed by atoms with van der Waals surface area (Å²) in [5, 5.41) is 3.50. The molecule has 1 aromatic carbocycles. The lowest BCUT2D eigenvalue weighted by Crippen LogP contribution is -2.34. The summed E-state index contributed by atoms with van der Waals surface area (Å²) in [6.07, 6.45) is 9.89. The first-order valence-corrected chi connectivity index (χ1v) is 14.0. The molecule has 5 nitrogen and oxygen atoms in total. The largest absolute Gasteiger partial charge is 0.330 e. The average molecular weight is 516 g/mol. The number of aromatic nitrogens is 1. The van der Waals surface area contributed by atoms with E-state index < -0.39 is 0 Å². The Morgan fingerprint density at radius 2 is 1.68 bits per heavy atom. The predicted molar refractivity (Wildman–Crippen MR) is 167 cm³/mol. The molecular weight excluding hydrogens is 466 g/mol. The Hall–Kier alpha value is -3.18. The highest BCUT2D eigenvalue weighted by Gasteiger charge is 2.21. The van der Waals surface area contributed by atoms with Crippen molar-refractivity contribution in [2.45, 2.75) is 79.7 Å². The van der Waals surface area contributed by atoms with Crippen molar-refractivity contribution in [1.29, 1.82) is 0 Å². The van der Waals surface area contributed by atoms with E-state index in [2.05, 4.69) is 91.4 Å². The van der Waals surface area contributed by atoms with Crippen molar-refractivity contribution < 1.29 is 0 Å². The molecule has 1 aliphatic carbocycles. The van der Waals surface area contributed by atoms with Crippen LogP contribution in [0.25, 0.3) is 5.70 Å². The maximum atomic E-state index is 4.82. The molecule has 0 aliphatic heterocycles. The number of anilines is 1. The van der Waals surface area contributed by atoms with Gasteiger partial charge in [-0.3, -0.25) is 14.9 Å². The number of allylic oxidation sites excluding steroid dienone is 2. The van der Waals surface area contributed by atoms with Crippen LogP contribution in [0.1, 0.15) is 75.4 Å². The van der Waals surface area contributed by atoms with E-state index in [9.17, 15) is 0 Å². The van der Waals surface area contributed by atoms with Gasteiger partial charge in [-0.25, -0.2) is 0 Å². The van der Waals surface area contributed by atoms with Crippen molar-refractivity contribution >= 4 is 17.2 Å². The molecule has 1 aliphatic rings. The molecule has 0 bridgehead atoms. The van der Waals surface area contributed by atoms with Gasteiger partial charge in [-0.2, -0.15) is 0 Å². The van der Waals surface area contributed by atoms with Crippen LogP contribution in [0.15, 0.2) is 72.5 Å². The summed E-state index contributed by atoms with van der Waals surface area (Å²) in [4.78, 5) is 14.0. The van der Waals surface area contributed by atoms with Crippen molar-refractivity contribution in [3.8, 4) is 0 Å². The molecule has 0 radical (unpaired) electrons. The molecule has 0 amide bonds. The van der Waals surface area contributed by atoms with Crippen LogP contribution in [0.4, 0.5) is 5.69 Å². The fourth-order valence-electron chi connectivity index (χ4n) is 4.38. The van der Waals surface area contributed by atoms with Gasteiger partial charge in [0.2, 0.25) is 0 Å². The van der Waals surface area contributed by atoms with Crippen molar-refractivity contribution in [2.24, 2.45) is 4.99 Å². The summed E-state index contributed by atoms with van der Waals surface area (Å²) in [5.74, 6) is 1.75. The lowest BCUT2D eigenvalue weighted by atomic mass is 9.94. The molecule has 0 saturated heterocycles. The SMILES string of the molecule is C=C/C=C(\NC(C)=NC1CCC1)N(C(=C)c1ccc(C)cc1)c1ccc(C)nc1C.CCCN(C)CCC. The number of nitrogens with one attached hydrogen (secondary N) is 1. The van der Waals surface area contributed by atoms with E-state index in [4.69, 9.17) is 4.99 Å². The van der Waals surface area contributed by atoms with Gasteiger partial charge in [0.1, 0.15) is 5.82 Å². The van der Waals surface area contributed by atoms with Crippen LogP contribution in [-0.4, -0.2) is 41.9 Å². The van der Waals surface area contributed by atoms with Gasteiger partial charge < -0.3 is 10.2 Å². The minimum atomic E-state index is 0.430. The molecule has 1 aromatic heterocycles. The quantitative estimate of drug-likeness (QED) is 0.188. The summed E-state index contributed by atoms with van der Waals surface area (Å²) in [5.41, 5.74) is 6.03. The second-order valence-electron chi connectivity index (χ2n) is 10.2. The van der Waals surface area contributed by atoms with Gasteiger partial charge in [-0.05, 0) is 104 Å². The molecule has 2 aromatic rings. The Labute approximate surface area is 232 Å². The number of aryl methyl sites for hydroxylation is 3. The third-order valence-corrected chi connectivity index (χ3v) is 6.58. The molecule has 0 spiro atoms. The zero-order chi connectivity index (χ0) is 28.1. The van der Waals surface area contributed by atoms with Gasteiger partial charge in [0.25, 0.3) is 0 Å². The fourth-order valence-corrected chi connectivity index (χ4v) is 4.38. The van der Waals surface area contributed by atoms with E-state index in [0.29, 0.717) is 6.04 Å². The number of amidine groups is 1. The lowest BCUT2D eigenvalue weighted by Gasteiger charge is -2.31. The van der Waals surface area contributed by atoms with Crippen LogP contribution in [0.5, 0.6) is 0 Å². The number of aliphatic imine (C=N–C) groups is 1. The van der Waals surface area contributed by atoms with E-state index in [1.807, 2.05) is 32.9 Å². The molecule has 1 saturated carbocycles. The van der Waals surface area contributed by atoms with Gasteiger partial charge in [-0.1, -0.05) is 62.9 Å². The smallest absolute Gasteiger partial charge is 0.116 e. The molecule has 0 atom stereocenters. The molecule has 38 heavy (non-hydrogen) atoms. The Morgan fingerprint density at radius 3 is 2.18 bits per heavy atom. The minimum Gasteiger partial charge on any atom is -0.330 e. The van der Waals surface area contributed by atoms with E-state index in [1.54, 1.807) is 6.08 Å². The second-order valence-corrected chi connectivity index (χ2v) is 10.2. The molecule has 5 heteroatoms. The van der Waals surface area contributed by atoms with E-state index >= 15 is 0 Å². The standard InChI is InChI=1S/C26H32N4.C7H17N/c1-7-9-26(29-22(6)28-24-10-8-11-24)30(25-17-14-19(3)27-20(25)4)21(5)23-15-12-18(2)13-16-23;1-4-6-8(3)7-5-2/h7,9,12-17,24H,1,5,8,10-11H2,2-4,6H3,(H,28,29);4-7H2,1-3H3/b26-9+;. The van der Waals surface area contributed by atoms with Gasteiger partial charge in [0.15, 0.2) is 0 Å². The normalized spacial score (nSPS) is 13.9. The summed E-state index contributed by atoms with van der Waals surface area (Å²) in [6.45, 7) is 23.4. The Morgan fingerprint density at radius 1 is 1.05 bits per heavy atom. The number of hydrogen-bond donors (Lipinski definition) is 1. The Balaban J connectivity index is 0.000000550. The summed E-state index contributed by atoms with van der Waals surface area (Å²) in [7, 11) is 2.17. The first-order valence-electron chi connectivity index (χ1n) is 14.0. The maximum Gasteiger partial charge on any atom is 0.116 e. The molecule has 0 unspecified atom stereocenters. The third-order valence-electron chi connectivity index (χ3n) is 6.58. The second kappa shape index (κ2) is 15.9. The number of hydrogen-bond acceptors (Lipinski definition) is 4. The van der Waals surface area contributed by atoms with Crippen LogP contribution in [0, 0.1) is 20.8 Å². The zero-order valence-corrected chi connectivity index (χ0v) is 24.8. The predicted octanol–water partition coefficient (Wildman–Crippen LogP) is 7.81. The van der Waals surface area contributed by atoms with Crippen molar-refractivity contribution in [3.63, 3.8) is 0 Å². The van der Waals surface area contributed by atoms with Gasteiger partial charge in [0.05, 0.1) is 23.3 Å². The van der Waals surface area contributed by atoms with Crippen molar-refractivity contribution in [2.75, 3.05) is 25.0 Å². The Kier molecular flexibility index (Phi) is 13.0. The van der Waals surface area contributed by atoms with Gasteiger partial charge in [0, 0.05) is 11.4 Å². The molecule has 206 valence electrons. The fraction of sp³-hybridized carbons (Fsp3) is 0.455. The topological polar surface area (TPSA) is 43.8 Å². The minimum absolute atomic E-state index is 0.430. The average Bonchev–Trinajstić information content (AvgIpc) is 2.84. The number of nitrogens with zero attached hydrogens (tertiary/aromatic N) is 4. The highest BCUT2D eigenvalue weighted by Crippen LogP contribution is 2.31. The summed E-state index contributed by atoms with van der Waals surface area (Å²) in [6, 6.07) is 13.0. The Bertz CT molecular complexity index is 1090. The molecule has 1 fully saturated rings. The van der Waals surface area contributed by atoms with Crippen LogP contribution >= 0.6 is 0 Å². The third kappa shape index (κ3) is 9.60. The highest BCUT2D eigenvalue weighted by molar-refractivity contribution is 5.87. The summed E-state index contributed by atoms with van der Waals surface area (Å²) < 4.78 is 0. The van der Waals surface area contributed by atoms with Gasteiger partial charge in [-0.15, -0.1) is 0 Å². The first-order chi connectivity index (χ1) is 18.2. The van der Waals surface area contributed by atoms with Crippen molar-refractivity contribution in [3.05, 3.63) is 90.0 Å². The number of pyridine rings is 1. The van der Waals surface area contributed by atoms with Crippen molar-refractivity contribution in [1.82, 2.24) is 15.2 Å². The van der Waals surface area contributed by atoms with Gasteiger partial charge >= 0.3 is 0 Å². The van der Waals surface area contributed by atoms with Crippen LogP contribution in [0.3, 0.4) is 0 Å². The van der Waals surface area contributed by atoms with E-state index in [1.165, 1.54) is 50.8 Å². The zero-order valence-electron chi connectivity index (χ0n) is 24.8. The lowest BCUT2D eigenvalue weighted by molar-refractivity contribution is 0.335. The van der Waals surface area contributed by atoms with E-state index in [0.717, 1.165) is 40.0 Å². The van der Waals surface area contributed by atoms with E-state index in [-0.39, 0.29) is 0 Å². The van der Waals surface area contributed by atoms with Crippen LogP contribution < -0.4 is 10.2 Å². The molecular formula is C33H49N5. The highest BCUT2D eigenvalue weighted by atomic mass is 15.3. The number of rotatable bonds is 11. The summed E-state index contributed by atoms with van der Waals surface area (Å²) >= 11 is 0.